The van der Waals surface area contributed by atoms with E-state index < -0.39 is 18.0 Å². The average Bonchev–Trinajstić information content (AvgIpc) is 3.14. The second-order valence-electron chi connectivity index (χ2n) is 7.66. The summed E-state index contributed by atoms with van der Waals surface area (Å²) in [6.07, 6.45) is -0.126. The van der Waals surface area contributed by atoms with Gasteiger partial charge in [0.2, 0.25) is 5.91 Å². The third-order valence-electron chi connectivity index (χ3n) is 5.46. The summed E-state index contributed by atoms with van der Waals surface area (Å²) in [6, 6.07) is 19.0. The molecule has 174 valence electrons. The van der Waals surface area contributed by atoms with E-state index >= 15 is 0 Å². The van der Waals surface area contributed by atoms with E-state index in [1.165, 1.54) is 11.0 Å². The number of nitrogens with one attached hydrogen (secondary N) is 1. The molecule has 9 heteroatoms. The topological polar surface area (TPSA) is 79.0 Å². The molecule has 0 bridgehead atoms. The molecule has 1 atom stereocenters. The maximum atomic E-state index is 13.4. The number of rotatable bonds is 6. The zero-order chi connectivity index (χ0) is 24.2. The minimum absolute atomic E-state index is 0.101. The number of ether oxygens (including phenoxy) is 1. The summed E-state index contributed by atoms with van der Waals surface area (Å²) >= 11 is 12.0. The van der Waals surface area contributed by atoms with Crippen LogP contribution < -0.4 is 15.0 Å². The van der Waals surface area contributed by atoms with Gasteiger partial charge in [-0.25, -0.2) is 9.69 Å². The Morgan fingerprint density at radius 3 is 2.38 bits per heavy atom. The summed E-state index contributed by atoms with van der Waals surface area (Å²) < 4.78 is 5.19. The fourth-order valence-corrected chi connectivity index (χ4v) is 4.03. The first-order chi connectivity index (χ1) is 16.4. The number of urea groups is 1. The molecule has 3 aromatic rings. The smallest absolute Gasteiger partial charge is 0.322 e. The number of halogens is 2. The first-order valence-corrected chi connectivity index (χ1v) is 11.2. The van der Waals surface area contributed by atoms with Gasteiger partial charge in [0.25, 0.3) is 5.91 Å². The number of benzene rings is 3. The van der Waals surface area contributed by atoms with Gasteiger partial charge in [-0.1, -0.05) is 53.5 Å². The molecule has 4 amide bonds. The number of nitrogens with zero attached hydrogens (tertiary/aromatic N) is 2. The summed E-state index contributed by atoms with van der Waals surface area (Å²) in [5, 5.41) is 3.39. The van der Waals surface area contributed by atoms with E-state index in [4.69, 9.17) is 27.9 Å². The van der Waals surface area contributed by atoms with Crippen molar-refractivity contribution >= 4 is 52.4 Å². The van der Waals surface area contributed by atoms with E-state index in [0.29, 0.717) is 22.1 Å². The van der Waals surface area contributed by atoms with Gasteiger partial charge in [0.1, 0.15) is 11.8 Å². The normalized spacial score (nSPS) is 15.4. The first kappa shape index (κ1) is 23.6. The van der Waals surface area contributed by atoms with Gasteiger partial charge < -0.3 is 15.0 Å². The van der Waals surface area contributed by atoms with Crippen LogP contribution in [0.15, 0.2) is 72.8 Å². The van der Waals surface area contributed by atoms with Crippen LogP contribution in [-0.4, -0.2) is 35.9 Å². The lowest BCUT2D eigenvalue weighted by Crippen LogP contribution is -2.46. The molecule has 1 aliphatic rings. The van der Waals surface area contributed by atoms with Gasteiger partial charge in [-0.2, -0.15) is 0 Å². The third-order valence-corrected chi connectivity index (χ3v) is 6.20. The Morgan fingerprint density at radius 1 is 1.03 bits per heavy atom. The van der Waals surface area contributed by atoms with Gasteiger partial charge >= 0.3 is 6.03 Å². The predicted molar refractivity (Wildman–Crippen MR) is 131 cm³/mol. The Bertz CT molecular complexity index is 1220. The maximum absolute atomic E-state index is 13.4. The zero-order valence-electron chi connectivity index (χ0n) is 18.2. The van der Waals surface area contributed by atoms with Crippen molar-refractivity contribution in [3.63, 3.8) is 0 Å². The molecule has 0 spiro atoms. The molecular weight excluding hydrogens is 477 g/mol. The summed E-state index contributed by atoms with van der Waals surface area (Å²) in [5.41, 5.74) is 1.65. The van der Waals surface area contributed by atoms with Gasteiger partial charge in [-0.05, 0) is 48.0 Å². The summed E-state index contributed by atoms with van der Waals surface area (Å²) in [6.45, 7) is 0.101. The summed E-state index contributed by atoms with van der Waals surface area (Å²) in [4.78, 5) is 42.0. The molecule has 1 N–H and O–H groups in total. The van der Waals surface area contributed by atoms with Gasteiger partial charge in [0.05, 0.1) is 29.3 Å². The third kappa shape index (κ3) is 5.00. The van der Waals surface area contributed by atoms with E-state index in [0.717, 1.165) is 10.5 Å². The second-order valence-corrected chi connectivity index (χ2v) is 8.47. The molecule has 0 unspecified atom stereocenters. The minimum atomic E-state index is -0.974. The van der Waals surface area contributed by atoms with Crippen molar-refractivity contribution in [3.8, 4) is 5.75 Å². The van der Waals surface area contributed by atoms with Crippen LogP contribution in [0, 0.1) is 0 Å². The Kier molecular flexibility index (Phi) is 7.05. The number of hydrogen-bond donors (Lipinski definition) is 1. The predicted octanol–water partition coefficient (Wildman–Crippen LogP) is 5.37. The zero-order valence-corrected chi connectivity index (χ0v) is 19.7. The number of imide groups is 1. The Balaban J connectivity index is 1.63. The van der Waals surface area contributed by atoms with Gasteiger partial charge in [-0.15, -0.1) is 0 Å². The maximum Gasteiger partial charge on any atom is 0.322 e. The van der Waals surface area contributed by atoms with Gasteiger partial charge in [0.15, 0.2) is 0 Å². The molecule has 7 nitrogen and oxygen atoms in total. The highest BCUT2D eigenvalue weighted by Crippen LogP contribution is 2.29. The lowest BCUT2D eigenvalue weighted by molar-refractivity contribution is -0.122. The number of amides is 4. The van der Waals surface area contributed by atoms with Crippen LogP contribution in [0.25, 0.3) is 0 Å². The van der Waals surface area contributed by atoms with E-state index in [9.17, 15) is 14.4 Å². The van der Waals surface area contributed by atoms with Crippen LogP contribution >= 0.6 is 23.2 Å². The highest BCUT2D eigenvalue weighted by Gasteiger charge is 2.44. The van der Waals surface area contributed by atoms with E-state index in [-0.39, 0.29) is 23.9 Å². The monoisotopic (exact) mass is 497 g/mol. The van der Waals surface area contributed by atoms with Gasteiger partial charge in [-0.3, -0.25) is 9.59 Å². The summed E-state index contributed by atoms with van der Waals surface area (Å²) in [5.74, 6) is -0.171. The van der Waals surface area contributed by atoms with Crippen LogP contribution in [-0.2, 0) is 16.1 Å². The van der Waals surface area contributed by atoms with Crippen LogP contribution in [0.3, 0.4) is 0 Å². The van der Waals surface area contributed by atoms with Crippen molar-refractivity contribution in [1.82, 2.24) is 4.90 Å². The summed E-state index contributed by atoms with van der Waals surface area (Å²) in [7, 11) is 1.56. The fraction of sp³-hybridized carbons (Fsp3) is 0.160. The highest BCUT2D eigenvalue weighted by molar-refractivity contribution is 6.42. The number of carbonyl (C=O) groups excluding carboxylic acids is 3. The number of methoxy groups -OCH3 is 1. The van der Waals surface area contributed by atoms with Crippen molar-refractivity contribution < 1.29 is 19.1 Å². The van der Waals surface area contributed by atoms with Crippen molar-refractivity contribution in [2.45, 2.75) is 19.0 Å². The number of anilines is 2. The molecule has 1 saturated heterocycles. The molecule has 0 saturated carbocycles. The van der Waals surface area contributed by atoms with Crippen molar-refractivity contribution in [2.24, 2.45) is 0 Å². The Labute approximate surface area is 206 Å². The van der Waals surface area contributed by atoms with Crippen molar-refractivity contribution in [2.75, 3.05) is 17.3 Å². The fourth-order valence-electron chi connectivity index (χ4n) is 3.73. The number of para-hydroxylation sites is 1. The highest BCUT2D eigenvalue weighted by atomic mass is 35.5. The lowest BCUT2D eigenvalue weighted by atomic mass is 10.1. The van der Waals surface area contributed by atoms with Crippen LogP contribution in [0.4, 0.5) is 16.2 Å². The molecule has 1 fully saturated rings. The molecular formula is C25H21Cl2N3O4. The molecule has 0 radical (unpaired) electrons. The quantitative estimate of drug-likeness (QED) is 0.464. The molecule has 4 rings (SSSR count). The van der Waals surface area contributed by atoms with Gasteiger partial charge in [0, 0.05) is 12.2 Å². The Morgan fingerprint density at radius 2 is 1.74 bits per heavy atom. The largest absolute Gasteiger partial charge is 0.497 e. The number of hydrogen-bond acceptors (Lipinski definition) is 4. The van der Waals surface area contributed by atoms with E-state index in [2.05, 4.69) is 5.32 Å². The molecule has 3 aromatic carbocycles. The molecule has 34 heavy (non-hydrogen) atoms. The molecule has 1 aliphatic heterocycles. The van der Waals surface area contributed by atoms with Crippen LogP contribution in [0.1, 0.15) is 12.0 Å². The second kappa shape index (κ2) is 10.2. The lowest BCUT2D eigenvalue weighted by Gasteiger charge is -2.28. The van der Waals surface area contributed by atoms with Crippen LogP contribution in [0.5, 0.6) is 5.75 Å². The molecule has 0 aromatic heterocycles. The van der Waals surface area contributed by atoms with Crippen molar-refractivity contribution in [3.05, 3.63) is 88.4 Å². The molecule has 0 aliphatic carbocycles. The SMILES string of the molecule is COc1ccc(CN(C(=O)Nc2ccc(Cl)c(Cl)c2)[C@@H]2CC(=O)N(c3ccccc3)C2=O)cc1. The first-order valence-electron chi connectivity index (χ1n) is 10.4. The molecule has 1 heterocycles. The standard InChI is InChI=1S/C25H21Cl2N3O4/c1-34-19-10-7-16(8-11-19)15-29(25(33)28-17-9-12-20(26)21(27)13-17)22-14-23(31)30(24(22)32)18-5-3-2-4-6-18/h2-13,22H,14-15H2,1H3,(H,28,33)/t22-/m1/s1. The minimum Gasteiger partial charge on any atom is -0.497 e. The van der Waals surface area contributed by atoms with E-state index in [1.807, 2.05) is 0 Å². The number of carbonyl (C=O) groups is 3. The van der Waals surface area contributed by atoms with E-state index in [1.54, 1.807) is 73.8 Å². The average molecular weight is 498 g/mol. The van der Waals surface area contributed by atoms with Crippen molar-refractivity contribution in [1.29, 1.82) is 0 Å². The Hall–Kier alpha value is -3.55. The van der Waals surface area contributed by atoms with Crippen LogP contribution in [0.2, 0.25) is 10.0 Å².